The van der Waals surface area contributed by atoms with E-state index >= 15 is 0 Å². The second-order valence-corrected chi connectivity index (χ2v) is 7.45. The van der Waals surface area contributed by atoms with Gasteiger partial charge in [0, 0.05) is 19.6 Å². The first-order valence-electron chi connectivity index (χ1n) is 8.06. The topological polar surface area (TPSA) is 46.0 Å². The van der Waals surface area contributed by atoms with E-state index in [0.717, 1.165) is 18.9 Å². The molecule has 2 fully saturated rings. The molecule has 0 radical (unpaired) electrons. The lowest BCUT2D eigenvalue weighted by molar-refractivity contribution is 0.182. The first kappa shape index (κ1) is 14.4. The molecule has 0 bridgehead atoms. The zero-order chi connectivity index (χ0) is 15.0. The van der Waals surface area contributed by atoms with Crippen molar-refractivity contribution in [2.75, 3.05) is 13.1 Å². The first-order chi connectivity index (χ1) is 10.8. The van der Waals surface area contributed by atoms with Crippen molar-refractivity contribution in [2.45, 2.75) is 38.4 Å². The highest BCUT2D eigenvalue weighted by Crippen LogP contribution is 2.56. The van der Waals surface area contributed by atoms with Crippen molar-refractivity contribution in [3.63, 3.8) is 0 Å². The van der Waals surface area contributed by atoms with Crippen LogP contribution in [0.15, 0.2) is 23.2 Å². The smallest absolute Gasteiger partial charge is 0.140 e. The van der Waals surface area contributed by atoms with Crippen LogP contribution in [0.5, 0.6) is 0 Å². The number of thiophene rings is 1. The number of nitrogens with zero attached hydrogens (tertiary/aromatic N) is 4. The SMILES string of the molecule is Cn1ncnc1CN(Cc1ccsc1)C1CC12CCNCC2. The normalized spacial score (nSPS) is 23.3. The summed E-state index contributed by atoms with van der Waals surface area (Å²) in [6.45, 7) is 4.27. The van der Waals surface area contributed by atoms with Gasteiger partial charge in [-0.3, -0.25) is 9.58 Å². The van der Waals surface area contributed by atoms with Gasteiger partial charge in [-0.25, -0.2) is 4.98 Å². The lowest BCUT2D eigenvalue weighted by atomic mass is 9.93. The molecule has 2 aromatic rings. The van der Waals surface area contributed by atoms with Crippen molar-refractivity contribution in [3.05, 3.63) is 34.5 Å². The summed E-state index contributed by atoms with van der Waals surface area (Å²) in [5.74, 6) is 1.06. The fraction of sp³-hybridized carbons (Fsp3) is 0.625. The molecule has 1 aliphatic heterocycles. The monoisotopic (exact) mass is 317 g/mol. The third-order valence-corrected chi connectivity index (χ3v) is 6.03. The standard InChI is InChI=1S/C16H23N5S/c1-20-15(18-12-19-20)10-21(9-13-2-7-22-11-13)14-8-16(14)3-5-17-6-4-16/h2,7,11-12,14,17H,3-6,8-10H2,1H3. The van der Waals surface area contributed by atoms with Gasteiger partial charge < -0.3 is 5.32 Å². The number of hydrogen-bond donors (Lipinski definition) is 1. The van der Waals surface area contributed by atoms with Crippen molar-refractivity contribution >= 4 is 11.3 Å². The number of nitrogens with one attached hydrogen (secondary N) is 1. The van der Waals surface area contributed by atoms with Gasteiger partial charge in [0.25, 0.3) is 0 Å². The molecule has 0 aromatic carbocycles. The summed E-state index contributed by atoms with van der Waals surface area (Å²) >= 11 is 1.78. The van der Waals surface area contributed by atoms with Gasteiger partial charge in [-0.2, -0.15) is 16.4 Å². The number of aryl methyl sites for hydroxylation is 1. The van der Waals surface area contributed by atoms with Gasteiger partial charge in [0.1, 0.15) is 12.2 Å². The highest BCUT2D eigenvalue weighted by Gasteiger charge is 2.56. The Hall–Kier alpha value is -1.24. The van der Waals surface area contributed by atoms with Crippen LogP contribution in [0.4, 0.5) is 0 Å². The third-order valence-electron chi connectivity index (χ3n) is 5.30. The molecule has 6 heteroatoms. The lowest BCUT2D eigenvalue weighted by Gasteiger charge is -2.29. The Labute approximate surface area is 135 Å². The molecule has 2 aromatic heterocycles. The minimum Gasteiger partial charge on any atom is -0.317 e. The molecule has 1 N–H and O–H groups in total. The van der Waals surface area contributed by atoms with E-state index in [9.17, 15) is 0 Å². The average Bonchev–Trinajstić information content (AvgIpc) is 2.90. The van der Waals surface area contributed by atoms with Crippen molar-refractivity contribution < 1.29 is 0 Å². The summed E-state index contributed by atoms with van der Waals surface area (Å²) in [5.41, 5.74) is 1.98. The largest absolute Gasteiger partial charge is 0.317 e. The molecule has 2 aliphatic rings. The fourth-order valence-electron chi connectivity index (χ4n) is 3.84. The molecule has 1 unspecified atom stereocenters. The van der Waals surface area contributed by atoms with Gasteiger partial charge in [-0.15, -0.1) is 0 Å². The molecule has 4 rings (SSSR count). The Kier molecular flexibility index (Phi) is 3.76. The van der Waals surface area contributed by atoms with Gasteiger partial charge in [0.2, 0.25) is 0 Å². The van der Waals surface area contributed by atoms with E-state index < -0.39 is 0 Å². The van der Waals surface area contributed by atoms with Crippen LogP contribution < -0.4 is 5.32 Å². The highest BCUT2D eigenvalue weighted by atomic mass is 32.1. The third kappa shape index (κ3) is 2.71. The van der Waals surface area contributed by atoms with Gasteiger partial charge in [0.05, 0.1) is 6.54 Å². The summed E-state index contributed by atoms with van der Waals surface area (Å²) in [5, 5.41) is 12.2. The maximum absolute atomic E-state index is 4.43. The summed E-state index contributed by atoms with van der Waals surface area (Å²) in [6, 6.07) is 2.94. The molecule has 118 valence electrons. The van der Waals surface area contributed by atoms with Gasteiger partial charge >= 0.3 is 0 Å². The zero-order valence-corrected chi connectivity index (χ0v) is 13.9. The average molecular weight is 317 g/mol. The molecular formula is C16H23N5S. The van der Waals surface area contributed by atoms with Crippen molar-refractivity contribution in [3.8, 4) is 0 Å². The second-order valence-electron chi connectivity index (χ2n) is 6.67. The molecular weight excluding hydrogens is 294 g/mol. The molecule has 22 heavy (non-hydrogen) atoms. The summed E-state index contributed by atoms with van der Waals surface area (Å²) in [6.07, 6.45) is 5.63. The number of piperidine rings is 1. The second kappa shape index (κ2) is 5.76. The van der Waals surface area contributed by atoms with E-state index in [0.29, 0.717) is 11.5 Å². The first-order valence-corrected chi connectivity index (χ1v) is 9.00. The molecule has 1 saturated carbocycles. The lowest BCUT2D eigenvalue weighted by Crippen LogP contribution is -2.36. The molecule has 5 nitrogen and oxygen atoms in total. The van der Waals surface area contributed by atoms with Gasteiger partial charge in [0.15, 0.2) is 0 Å². The van der Waals surface area contributed by atoms with E-state index in [2.05, 4.69) is 37.1 Å². The molecule has 3 heterocycles. The maximum Gasteiger partial charge on any atom is 0.140 e. The van der Waals surface area contributed by atoms with Gasteiger partial charge in [-0.1, -0.05) is 0 Å². The van der Waals surface area contributed by atoms with Crippen LogP contribution in [0.3, 0.4) is 0 Å². The minimum atomic E-state index is 0.555. The highest BCUT2D eigenvalue weighted by molar-refractivity contribution is 7.07. The Morgan fingerprint density at radius 1 is 1.41 bits per heavy atom. The zero-order valence-electron chi connectivity index (χ0n) is 13.0. The van der Waals surface area contributed by atoms with Crippen LogP contribution in [0.1, 0.15) is 30.7 Å². The number of aromatic nitrogens is 3. The van der Waals surface area contributed by atoms with E-state index in [4.69, 9.17) is 0 Å². The summed E-state index contributed by atoms with van der Waals surface area (Å²) < 4.78 is 1.90. The van der Waals surface area contributed by atoms with Crippen LogP contribution in [-0.4, -0.2) is 38.8 Å². The van der Waals surface area contributed by atoms with Crippen LogP contribution in [0, 0.1) is 5.41 Å². The predicted octanol–water partition coefficient (Wildman–Crippen LogP) is 2.02. The number of hydrogen-bond acceptors (Lipinski definition) is 5. The van der Waals surface area contributed by atoms with Crippen LogP contribution in [-0.2, 0) is 20.1 Å². The molecule has 1 spiro atoms. The minimum absolute atomic E-state index is 0.555. The predicted molar refractivity (Wildman–Crippen MR) is 87.5 cm³/mol. The molecule has 0 amide bonds. The van der Waals surface area contributed by atoms with Crippen molar-refractivity contribution in [2.24, 2.45) is 12.5 Å². The van der Waals surface area contributed by atoms with Crippen LogP contribution in [0.25, 0.3) is 0 Å². The molecule has 1 saturated heterocycles. The molecule has 1 aliphatic carbocycles. The van der Waals surface area contributed by atoms with Crippen molar-refractivity contribution in [1.82, 2.24) is 25.0 Å². The van der Waals surface area contributed by atoms with E-state index in [1.165, 1.54) is 37.9 Å². The maximum atomic E-state index is 4.43. The Bertz CT molecular complexity index is 614. The Morgan fingerprint density at radius 3 is 2.95 bits per heavy atom. The molecule has 1 atom stereocenters. The Morgan fingerprint density at radius 2 is 2.27 bits per heavy atom. The summed E-state index contributed by atoms with van der Waals surface area (Å²) in [7, 11) is 1.98. The fourth-order valence-corrected chi connectivity index (χ4v) is 4.50. The van der Waals surface area contributed by atoms with Crippen molar-refractivity contribution in [1.29, 1.82) is 0 Å². The van der Waals surface area contributed by atoms with Gasteiger partial charge in [-0.05, 0) is 60.2 Å². The number of rotatable bonds is 5. The quantitative estimate of drug-likeness (QED) is 0.916. The van der Waals surface area contributed by atoms with Crippen LogP contribution >= 0.6 is 11.3 Å². The van der Waals surface area contributed by atoms with Crippen LogP contribution in [0.2, 0.25) is 0 Å². The van der Waals surface area contributed by atoms with E-state index in [-0.39, 0.29) is 0 Å². The summed E-state index contributed by atoms with van der Waals surface area (Å²) in [4.78, 5) is 7.05. The Balaban J connectivity index is 1.52. The van der Waals surface area contributed by atoms with E-state index in [1.54, 1.807) is 17.7 Å². The van der Waals surface area contributed by atoms with E-state index in [1.807, 2.05) is 11.7 Å².